The molecule has 0 saturated heterocycles. The Bertz CT molecular complexity index is 778. The first-order chi connectivity index (χ1) is 9.81. The van der Waals surface area contributed by atoms with Crippen molar-refractivity contribution < 1.29 is 17.9 Å². The second kappa shape index (κ2) is 5.92. The van der Waals surface area contributed by atoms with Crippen molar-refractivity contribution >= 4 is 31.6 Å². The highest BCUT2D eigenvalue weighted by Crippen LogP contribution is 2.34. The fourth-order valence-electron chi connectivity index (χ4n) is 1.67. The number of ether oxygens (including phenoxy) is 2. The van der Waals surface area contributed by atoms with Gasteiger partial charge in [0.2, 0.25) is 10.0 Å². The number of methoxy groups -OCH3 is 1. The molecule has 0 saturated carbocycles. The van der Waals surface area contributed by atoms with E-state index in [9.17, 15) is 8.42 Å². The van der Waals surface area contributed by atoms with Gasteiger partial charge < -0.3 is 15.2 Å². The van der Waals surface area contributed by atoms with Gasteiger partial charge in [-0.2, -0.15) is 0 Å². The van der Waals surface area contributed by atoms with E-state index in [4.69, 9.17) is 20.3 Å². The minimum atomic E-state index is -3.85. The lowest BCUT2D eigenvalue weighted by molar-refractivity contribution is 0.412. The maximum Gasteiger partial charge on any atom is 0.240 e. The lowest BCUT2D eigenvalue weighted by atomic mass is 10.3. The summed E-state index contributed by atoms with van der Waals surface area (Å²) in [5, 5.41) is 5.05. The van der Waals surface area contributed by atoms with Gasteiger partial charge in [0.15, 0.2) is 0 Å². The highest BCUT2D eigenvalue weighted by Gasteiger charge is 2.13. The summed E-state index contributed by atoms with van der Waals surface area (Å²) in [5.74, 6) is 1.61. The number of rotatable bonds is 4. The summed E-state index contributed by atoms with van der Waals surface area (Å²) in [6.45, 7) is 0. The van der Waals surface area contributed by atoms with E-state index >= 15 is 0 Å². The number of hydrogen-bond donors (Lipinski definition) is 2. The maximum absolute atomic E-state index is 11.3. The van der Waals surface area contributed by atoms with Gasteiger partial charge in [0.1, 0.15) is 22.1 Å². The Balaban J connectivity index is 2.31. The molecule has 0 fully saturated rings. The molecule has 2 aromatic rings. The molecular weight excluding hydrogens is 360 g/mol. The zero-order chi connectivity index (χ0) is 15.6. The summed E-state index contributed by atoms with van der Waals surface area (Å²) in [7, 11) is -2.28. The van der Waals surface area contributed by atoms with Gasteiger partial charge in [0.05, 0.1) is 17.3 Å². The van der Waals surface area contributed by atoms with Gasteiger partial charge >= 0.3 is 0 Å². The number of sulfonamides is 1. The molecule has 8 heteroatoms. The summed E-state index contributed by atoms with van der Waals surface area (Å²) >= 11 is 3.36. The number of benzene rings is 2. The fourth-order valence-corrected chi connectivity index (χ4v) is 2.75. The molecule has 0 unspecified atom stereocenters. The summed E-state index contributed by atoms with van der Waals surface area (Å²) < 4.78 is 34.0. The predicted octanol–water partition coefficient (Wildman–Crippen LogP) is 2.48. The van der Waals surface area contributed by atoms with Gasteiger partial charge in [-0.05, 0) is 46.3 Å². The van der Waals surface area contributed by atoms with Crippen molar-refractivity contribution in [3.05, 3.63) is 40.9 Å². The Hall–Kier alpha value is -1.77. The molecule has 4 N–H and O–H groups in total. The number of nitrogen functional groups attached to an aromatic ring is 1. The van der Waals surface area contributed by atoms with E-state index in [2.05, 4.69) is 15.9 Å². The molecule has 0 aromatic heterocycles. The molecule has 112 valence electrons. The van der Waals surface area contributed by atoms with Crippen LogP contribution in [0.2, 0.25) is 0 Å². The van der Waals surface area contributed by atoms with Crippen LogP contribution in [0.3, 0.4) is 0 Å². The predicted molar refractivity (Wildman–Crippen MR) is 83.0 cm³/mol. The molecular formula is C13H13BrN2O4S. The third kappa shape index (κ3) is 3.66. The maximum atomic E-state index is 11.3. The van der Waals surface area contributed by atoms with Crippen LogP contribution in [0.15, 0.2) is 45.8 Å². The van der Waals surface area contributed by atoms with Crippen molar-refractivity contribution in [2.75, 3.05) is 12.8 Å². The van der Waals surface area contributed by atoms with E-state index in [1.807, 2.05) is 0 Å². The highest BCUT2D eigenvalue weighted by molar-refractivity contribution is 9.10. The lowest BCUT2D eigenvalue weighted by Crippen LogP contribution is -2.14. The minimum Gasteiger partial charge on any atom is -0.497 e. The molecule has 2 aromatic carbocycles. The molecule has 6 nitrogen and oxygen atoms in total. The molecule has 0 radical (unpaired) electrons. The Morgan fingerprint density at radius 3 is 2.29 bits per heavy atom. The van der Waals surface area contributed by atoms with Crippen molar-refractivity contribution in [2.45, 2.75) is 4.90 Å². The summed E-state index contributed by atoms with van der Waals surface area (Å²) in [4.78, 5) is -0.136. The van der Waals surface area contributed by atoms with E-state index in [1.165, 1.54) is 18.2 Å². The fraction of sp³-hybridized carbons (Fsp3) is 0.0769. The zero-order valence-electron chi connectivity index (χ0n) is 11.0. The van der Waals surface area contributed by atoms with Gasteiger partial charge in [-0.25, -0.2) is 13.6 Å². The van der Waals surface area contributed by atoms with Gasteiger partial charge in [0, 0.05) is 6.07 Å². The third-order valence-electron chi connectivity index (χ3n) is 2.65. The van der Waals surface area contributed by atoms with E-state index in [-0.39, 0.29) is 10.6 Å². The van der Waals surface area contributed by atoms with Crippen LogP contribution < -0.4 is 20.3 Å². The van der Waals surface area contributed by atoms with Crippen molar-refractivity contribution in [1.29, 1.82) is 0 Å². The normalized spacial score (nSPS) is 11.2. The molecule has 0 atom stereocenters. The lowest BCUT2D eigenvalue weighted by Gasteiger charge is -2.11. The third-order valence-corrected chi connectivity index (χ3v) is 4.26. The van der Waals surface area contributed by atoms with Crippen LogP contribution in [0, 0.1) is 0 Å². The molecule has 0 aliphatic carbocycles. The first-order valence-electron chi connectivity index (χ1n) is 5.75. The van der Waals surface area contributed by atoms with Gasteiger partial charge in [-0.15, -0.1) is 0 Å². The van der Waals surface area contributed by atoms with Gasteiger partial charge in [0.25, 0.3) is 0 Å². The standard InChI is InChI=1S/C13H13BrN2O4S/c1-19-8-2-4-12(10(14)6-8)20-9-3-5-13(11(15)7-9)21(16,17)18/h2-7H,15H2,1H3,(H2,16,17,18). The number of halogens is 1. The first-order valence-corrected chi connectivity index (χ1v) is 8.09. The Morgan fingerprint density at radius 1 is 1.10 bits per heavy atom. The second-order valence-corrected chi connectivity index (χ2v) is 6.53. The van der Waals surface area contributed by atoms with Gasteiger partial charge in [-0.1, -0.05) is 0 Å². The highest BCUT2D eigenvalue weighted by atomic mass is 79.9. The summed E-state index contributed by atoms with van der Waals surface area (Å²) in [6, 6.07) is 9.38. The van der Waals surface area contributed by atoms with Crippen LogP contribution in [0.5, 0.6) is 17.2 Å². The summed E-state index contributed by atoms with van der Waals surface area (Å²) in [5.41, 5.74) is 5.70. The van der Waals surface area contributed by atoms with Crippen LogP contribution in [0.4, 0.5) is 5.69 Å². The first kappa shape index (κ1) is 15.6. The molecule has 0 bridgehead atoms. The largest absolute Gasteiger partial charge is 0.497 e. The Morgan fingerprint density at radius 2 is 1.76 bits per heavy atom. The molecule has 21 heavy (non-hydrogen) atoms. The smallest absolute Gasteiger partial charge is 0.240 e. The Labute approximate surface area is 130 Å². The molecule has 0 spiro atoms. The average molecular weight is 373 g/mol. The monoisotopic (exact) mass is 372 g/mol. The zero-order valence-corrected chi connectivity index (χ0v) is 13.4. The minimum absolute atomic E-state index is 0.0274. The van der Waals surface area contributed by atoms with Crippen LogP contribution in [-0.4, -0.2) is 15.5 Å². The van der Waals surface area contributed by atoms with Crippen LogP contribution >= 0.6 is 15.9 Å². The van der Waals surface area contributed by atoms with Crippen molar-refractivity contribution in [2.24, 2.45) is 5.14 Å². The van der Waals surface area contributed by atoms with E-state index in [1.54, 1.807) is 25.3 Å². The van der Waals surface area contributed by atoms with Crippen LogP contribution in [0.25, 0.3) is 0 Å². The quantitative estimate of drug-likeness (QED) is 0.802. The van der Waals surface area contributed by atoms with Crippen molar-refractivity contribution in [1.82, 2.24) is 0 Å². The molecule has 0 heterocycles. The van der Waals surface area contributed by atoms with Gasteiger partial charge in [-0.3, -0.25) is 0 Å². The average Bonchev–Trinajstić information content (AvgIpc) is 2.39. The molecule has 0 amide bonds. The van der Waals surface area contributed by atoms with Crippen molar-refractivity contribution in [3.63, 3.8) is 0 Å². The van der Waals surface area contributed by atoms with Crippen LogP contribution in [-0.2, 0) is 10.0 Å². The number of nitrogens with two attached hydrogens (primary N) is 2. The van der Waals surface area contributed by atoms with E-state index in [0.29, 0.717) is 21.7 Å². The molecule has 0 aliphatic heterocycles. The summed E-state index contributed by atoms with van der Waals surface area (Å²) in [6.07, 6.45) is 0. The number of hydrogen-bond acceptors (Lipinski definition) is 5. The van der Waals surface area contributed by atoms with Crippen LogP contribution in [0.1, 0.15) is 0 Å². The second-order valence-electron chi connectivity index (χ2n) is 4.14. The topological polar surface area (TPSA) is 105 Å². The van der Waals surface area contributed by atoms with E-state index < -0.39 is 10.0 Å². The SMILES string of the molecule is COc1ccc(Oc2ccc(S(N)(=O)=O)c(N)c2)c(Br)c1. The van der Waals surface area contributed by atoms with Crippen molar-refractivity contribution in [3.8, 4) is 17.2 Å². The Kier molecular flexibility index (Phi) is 4.40. The number of primary sulfonamides is 1. The molecule has 0 aliphatic rings. The molecule has 2 rings (SSSR count). The van der Waals surface area contributed by atoms with E-state index in [0.717, 1.165) is 0 Å². The number of anilines is 1.